The molecule has 2 amide bonds. The number of likely N-dealkylation sites (tertiary alicyclic amines) is 1. The highest BCUT2D eigenvalue weighted by molar-refractivity contribution is 5.88. The first-order valence-corrected chi connectivity index (χ1v) is 7.22. The molecule has 2 rings (SSSR count). The fraction of sp³-hybridized carbons (Fsp3) is 0.857. The predicted octanol–water partition coefficient (Wildman–Crippen LogP) is 0.794. The highest BCUT2D eigenvalue weighted by Gasteiger charge is 2.47. The third-order valence-electron chi connectivity index (χ3n) is 4.60. The minimum absolute atomic E-state index is 0.0101. The van der Waals surface area contributed by atoms with Gasteiger partial charge in [0.1, 0.15) is 6.04 Å². The monoisotopic (exact) mass is 268 g/mol. The first kappa shape index (κ1) is 14.3. The largest absolute Gasteiger partial charge is 0.391 e. The molecule has 0 aromatic heterocycles. The van der Waals surface area contributed by atoms with Gasteiger partial charge in [-0.15, -0.1) is 0 Å². The lowest BCUT2D eigenvalue weighted by Crippen LogP contribution is -2.52. The molecule has 1 saturated heterocycles. The Bertz CT molecular complexity index is 360. The van der Waals surface area contributed by atoms with Crippen LogP contribution in [0.4, 0.5) is 0 Å². The summed E-state index contributed by atoms with van der Waals surface area (Å²) in [6, 6.07) is -0.880. The summed E-state index contributed by atoms with van der Waals surface area (Å²) in [5.74, 6) is -0.652. The second-order valence-electron chi connectivity index (χ2n) is 6.20. The smallest absolute Gasteiger partial charge is 0.242 e. The molecule has 1 heterocycles. The van der Waals surface area contributed by atoms with Gasteiger partial charge in [0, 0.05) is 13.0 Å². The van der Waals surface area contributed by atoms with Crippen LogP contribution in [-0.4, -0.2) is 40.5 Å². The lowest BCUT2D eigenvalue weighted by atomic mass is 9.79. The summed E-state index contributed by atoms with van der Waals surface area (Å²) in [5.41, 5.74) is 5.35. The fourth-order valence-corrected chi connectivity index (χ4v) is 3.65. The number of rotatable bonds is 3. The average molecular weight is 268 g/mol. The van der Waals surface area contributed by atoms with Crippen molar-refractivity contribution in [1.29, 1.82) is 0 Å². The maximum absolute atomic E-state index is 12.2. The molecular formula is C14H24N2O3. The Morgan fingerprint density at radius 1 is 1.32 bits per heavy atom. The first-order valence-electron chi connectivity index (χ1n) is 7.22. The molecule has 1 unspecified atom stereocenters. The van der Waals surface area contributed by atoms with Gasteiger partial charge in [-0.25, -0.2) is 0 Å². The fourth-order valence-electron chi connectivity index (χ4n) is 3.65. The molecule has 0 bridgehead atoms. The number of aliphatic hydroxyl groups excluding tert-OH is 1. The van der Waals surface area contributed by atoms with Crippen LogP contribution in [0.5, 0.6) is 0 Å². The zero-order valence-electron chi connectivity index (χ0n) is 11.6. The van der Waals surface area contributed by atoms with Crippen LogP contribution in [0.3, 0.4) is 0 Å². The van der Waals surface area contributed by atoms with E-state index < -0.39 is 18.1 Å². The molecule has 1 aliphatic carbocycles. The van der Waals surface area contributed by atoms with Crippen LogP contribution < -0.4 is 5.73 Å². The highest BCUT2D eigenvalue weighted by Crippen LogP contribution is 2.43. The number of carbonyl (C=O) groups excluding carboxylic acids is 2. The molecule has 1 saturated carbocycles. The van der Waals surface area contributed by atoms with Crippen molar-refractivity contribution in [2.75, 3.05) is 6.54 Å². The number of amides is 2. The van der Waals surface area contributed by atoms with Crippen LogP contribution in [0.15, 0.2) is 0 Å². The number of nitrogens with two attached hydrogens (primary N) is 1. The third-order valence-corrected chi connectivity index (χ3v) is 4.60. The molecule has 108 valence electrons. The number of hydrogen-bond donors (Lipinski definition) is 2. The maximum atomic E-state index is 12.2. The Hall–Kier alpha value is -1.10. The van der Waals surface area contributed by atoms with E-state index in [1.165, 1.54) is 24.7 Å². The van der Waals surface area contributed by atoms with Gasteiger partial charge in [0.2, 0.25) is 11.8 Å². The first-order chi connectivity index (χ1) is 8.95. The molecule has 5 heteroatoms. The number of aliphatic hydroxyl groups is 1. The minimum Gasteiger partial charge on any atom is -0.391 e. The molecule has 2 aliphatic rings. The lowest BCUT2D eigenvalue weighted by Gasteiger charge is -2.31. The molecule has 19 heavy (non-hydrogen) atoms. The van der Waals surface area contributed by atoms with Gasteiger partial charge in [0.15, 0.2) is 0 Å². The van der Waals surface area contributed by atoms with E-state index in [1.807, 2.05) is 0 Å². The van der Waals surface area contributed by atoms with Gasteiger partial charge >= 0.3 is 0 Å². The van der Waals surface area contributed by atoms with Gasteiger partial charge in [-0.1, -0.05) is 25.7 Å². The quantitative estimate of drug-likeness (QED) is 0.794. The molecule has 0 aromatic carbocycles. The van der Waals surface area contributed by atoms with Crippen molar-refractivity contribution < 1.29 is 14.7 Å². The second kappa shape index (κ2) is 5.49. The maximum Gasteiger partial charge on any atom is 0.242 e. The summed E-state index contributed by atoms with van der Waals surface area (Å²) in [6.45, 7) is 2.09. The van der Waals surface area contributed by atoms with Gasteiger partial charge in [0.05, 0.1) is 6.10 Å². The zero-order valence-corrected chi connectivity index (χ0v) is 11.6. The zero-order chi connectivity index (χ0) is 14.0. The van der Waals surface area contributed by atoms with Crippen molar-refractivity contribution in [3.05, 3.63) is 0 Å². The molecule has 2 fully saturated rings. The Morgan fingerprint density at radius 2 is 1.89 bits per heavy atom. The molecule has 1 spiro atoms. The van der Waals surface area contributed by atoms with E-state index in [2.05, 4.69) is 0 Å². The summed E-state index contributed by atoms with van der Waals surface area (Å²) in [5, 5.41) is 9.71. The Kier molecular flexibility index (Phi) is 4.13. The predicted molar refractivity (Wildman–Crippen MR) is 71.1 cm³/mol. The van der Waals surface area contributed by atoms with Gasteiger partial charge in [-0.2, -0.15) is 0 Å². The Morgan fingerprint density at radius 3 is 2.37 bits per heavy atom. The summed E-state index contributed by atoms with van der Waals surface area (Å²) < 4.78 is 0. The van der Waals surface area contributed by atoms with Crippen molar-refractivity contribution in [1.82, 2.24) is 4.90 Å². The Labute approximate surface area is 114 Å². The van der Waals surface area contributed by atoms with E-state index in [-0.39, 0.29) is 11.3 Å². The number of nitrogens with zero attached hydrogens (tertiary/aromatic N) is 1. The molecule has 5 nitrogen and oxygen atoms in total. The van der Waals surface area contributed by atoms with E-state index in [0.717, 1.165) is 25.7 Å². The molecule has 1 aliphatic heterocycles. The summed E-state index contributed by atoms with van der Waals surface area (Å²) in [7, 11) is 0. The third kappa shape index (κ3) is 2.91. The second-order valence-corrected chi connectivity index (χ2v) is 6.20. The van der Waals surface area contributed by atoms with Crippen LogP contribution in [0.2, 0.25) is 0 Å². The van der Waals surface area contributed by atoms with Crippen molar-refractivity contribution in [3.8, 4) is 0 Å². The van der Waals surface area contributed by atoms with Gasteiger partial charge in [-0.3, -0.25) is 9.59 Å². The van der Waals surface area contributed by atoms with Crippen molar-refractivity contribution >= 4 is 11.8 Å². The average Bonchev–Trinajstić information content (AvgIpc) is 2.48. The number of carbonyl (C=O) groups is 2. The van der Waals surface area contributed by atoms with E-state index in [0.29, 0.717) is 13.0 Å². The topological polar surface area (TPSA) is 83.6 Å². The SMILES string of the molecule is C[C@@H](O)C(C(N)=O)N1CC2(CCCCCC2)CC1=O. The summed E-state index contributed by atoms with van der Waals surface area (Å²) >= 11 is 0. The summed E-state index contributed by atoms with van der Waals surface area (Å²) in [6.07, 6.45) is 6.43. The van der Waals surface area contributed by atoms with Crippen molar-refractivity contribution in [2.24, 2.45) is 11.1 Å². The number of primary amides is 1. The highest BCUT2D eigenvalue weighted by atomic mass is 16.3. The number of hydrogen-bond acceptors (Lipinski definition) is 3. The lowest BCUT2D eigenvalue weighted by molar-refractivity contribution is -0.139. The van der Waals surface area contributed by atoms with Crippen LogP contribution in [0.1, 0.15) is 51.9 Å². The van der Waals surface area contributed by atoms with Crippen molar-refractivity contribution in [3.63, 3.8) is 0 Å². The molecule has 0 aromatic rings. The Balaban J connectivity index is 2.15. The molecular weight excluding hydrogens is 244 g/mol. The molecule has 0 radical (unpaired) electrons. The van der Waals surface area contributed by atoms with Crippen molar-refractivity contribution in [2.45, 2.75) is 64.0 Å². The summed E-state index contributed by atoms with van der Waals surface area (Å²) in [4.78, 5) is 25.2. The minimum atomic E-state index is -0.914. The van der Waals surface area contributed by atoms with E-state index in [9.17, 15) is 14.7 Å². The van der Waals surface area contributed by atoms with E-state index in [4.69, 9.17) is 5.73 Å². The van der Waals surface area contributed by atoms with E-state index >= 15 is 0 Å². The normalized spacial score (nSPS) is 26.2. The van der Waals surface area contributed by atoms with Gasteiger partial charge in [0.25, 0.3) is 0 Å². The van der Waals surface area contributed by atoms with Crippen LogP contribution in [-0.2, 0) is 9.59 Å². The van der Waals surface area contributed by atoms with Crippen LogP contribution >= 0.6 is 0 Å². The van der Waals surface area contributed by atoms with Crippen LogP contribution in [0, 0.1) is 5.41 Å². The van der Waals surface area contributed by atoms with Gasteiger partial charge in [-0.05, 0) is 25.2 Å². The van der Waals surface area contributed by atoms with Crippen LogP contribution in [0.25, 0.3) is 0 Å². The molecule has 2 atom stereocenters. The standard InChI is InChI=1S/C14H24N2O3/c1-10(17)12(13(15)19)16-9-14(8-11(16)18)6-4-2-3-5-7-14/h10,12,17H,2-9H2,1H3,(H2,15,19)/t10-,12?/m1/s1. The molecule has 3 N–H and O–H groups in total. The van der Waals surface area contributed by atoms with Gasteiger partial charge < -0.3 is 15.7 Å². The van der Waals surface area contributed by atoms with E-state index in [1.54, 1.807) is 0 Å².